The van der Waals surface area contributed by atoms with Crippen molar-refractivity contribution in [2.45, 2.75) is 45.1 Å². The van der Waals surface area contributed by atoms with Crippen LogP contribution < -0.4 is 11.1 Å². The molecule has 98 valence electrons. The highest BCUT2D eigenvalue weighted by molar-refractivity contribution is 5.81. The molecule has 0 spiro atoms. The molecule has 1 aliphatic carbocycles. The lowest BCUT2D eigenvalue weighted by atomic mass is 9.86. The van der Waals surface area contributed by atoms with E-state index in [1.54, 1.807) is 0 Å². The quantitative estimate of drug-likeness (QED) is 0.772. The van der Waals surface area contributed by atoms with Crippen LogP contribution in [0.2, 0.25) is 0 Å². The van der Waals surface area contributed by atoms with Gasteiger partial charge in [-0.1, -0.05) is 19.8 Å². The monoisotopic (exact) mass is 240 g/mol. The molecule has 2 unspecified atom stereocenters. The van der Waals surface area contributed by atoms with Crippen LogP contribution in [0.3, 0.4) is 0 Å². The van der Waals surface area contributed by atoms with Gasteiger partial charge in [0, 0.05) is 13.2 Å². The molecular formula is C13H24N2O2. The highest BCUT2D eigenvalue weighted by Gasteiger charge is 2.35. The normalized spacial score (nSPS) is 31.6. The summed E-state index contributed by atoms with van der Waals surface area (Å²) in [6.45, 7) is 4.18. The van der Waals surface area contributed by atoms with Gasteiger partial charge >= 0.3 is 0 Å². The summed E-state index contributed by atoms with van der Waals surface area (Å²) in [6.07, 6.45) is 5.51. The van der Waals surface area contributed by atoms with Crippen molar-refractivity contribution in [2.24, 2.45) is 17.1 Å². The van der Waals surface area contributed by atoms with E-state index in [2.05, 4.69) is 12.2 Å². The second-order valence-corrected chi connectivity index (χ2v) is 5.69. The van der Waals surface area contributed by atoms with Crippen molar-refractivity contribution in [3.63, 3.8) is 0 Å². The Balaban J connectivity index is 1.82. The maximum absolute atomic E-state index is 12.0. The molecule has 0 bridgehead atoms. The van der Waals surface area contributed by atoms with Crippen molar-refractivity contribution in [1.29, 1.82) is 0 Å². The lowest BCUT2D eigenvalue weighted by molar-refractivity contribution is -0.132. The molecule has 17 heavy (non-hydrogen) atoms. The third-order valence-electron chi connectivity index (χ3n) is 4.38. The standard InChI is InChI=1S/C13H24N2O2/c1-10-4-7-17-11(10)12(16)15-9-13(8-14)5-2-3-6-13/h10-11H,2-9,14H2,1H3,(H,15,16). The summed E-state index contributed by atoms with van der Waals surface area (Å²) >= 11 is 0. The van der Waals surface area contributed by atoms with Crippen LogP contribution in [0.4, 0.5) is 0 Å². The minimum atomic E-state index is -0.244. The number of nitrogens with one attached hydrogen (secondary N) is 1. The predicted octanol–water partition coefficient (Wildman–Crippen LogP) is 1.05. The third-order valence-corrected chi connectivity index (χ3v) is 4.38. The topological polar surface area (TPSA) is 64.3 Å². The summed E-state index contributed by atoms with van der Waals surface area (Å²) in [6, 6.07) is 0. The van der Waals surface area contributed by atoms with E-state index < -0.39 is 0 Å². The van der Waals surface area contributed by atoms with E-state index in [1.165, 1.54) is 12.8 Å². The average Bonchev–Trinajstić information content (AvgIpc) is 2.95. The van der Waals surface area contributed by atoms with Gasteiger partial charge in [0.25, 0.3) is 0 Å². The second kappa shape index (κ2) is 5.36. The minimum absolute atomic E-state index is 0.0507. The lowest BCUT2D eigenvalue weighted by Crippen LogP contribution is -2.45. The van der Waals surface area contributed by atoms with E-state index in [-0.39, 0.29) is 17.4 Å². The lowest BCUT2D eigenvalue weighted by Gasteiger charge is -2.28. The maximum atomic E-state index is 12.0. The number of hydrogen-bond acceptors (Lipinski definition) is 3. The number of ether oxygens (including phenoxy) is 1. The van der Waals surface area contributed by atoms with Gasteiger partial charge in [-0.2, -0.15) is 0 Å². The Bertz CT molecular complexity index is 275. The van der Waals surface area contributed by atoms with E-state index in [0.717, 1.165) is 25.8 Å². The number of carbonyl (C=O) groups excluding carboxylic acids is 1. The third kappa shape index (κ3) is 2.80. The summed E-state index contributed by atoms with van der Waals surface area (Å²) in [5.74, 6) is 0.391. The average molecular weight is 240 g/mol. The first kappa shape index (κ1) is 12.8. The SMILES string of the molecule is CC1CCOC1C(=O)NCC1(CN)CCCC1. The van der Waals surface area contributed by atoms with Crippen molar-refractivity contribution in [2.75, 3.05) is 19.7 Å². The summed E-state index contributed by atoms with van der Waals surface area (Å²) < 4.78 is 5.47. The smallest absolute Gasteiger partial charge is 0.249 e. The molecule has 0 aromatic rings. The zero-order valence-electron chi connectivity index (χ0n) is 10.7. The van der Waals surface area contributed by atoms with Crippen molar-refractivity contribution in [3.05, 3.63) is 0 Å². The Kier molecular flexibility index (Phi) is 4.05. The summed E-state index contributed by atoms with van der Waals surface area (Å²) in [5.41, 5.74) is 6.00. The molecule has 2 fully saturated rings. The minimum Gasteiger partial charge on any atom is -0.368 e. The van der Waals surface area contributed by atoms with Gasteiger partial charge in [0.1, 0.15) is 6.10 Å². The van der Waals surface area contributed by atoms with Crippen molar-refractivity contribution < 1.29 is 9.53 Å². The first-order chi connectivity index (χ1) is 8.17. The first-order valence-corrected chi connectivity index (χ1v) is 6.76. The van der Waals surface area contributed by atoms with Crippen LogP contribution in [0.5, 0.6) is 0 Å². The van der Waals surface area contributed by atoms with Gasteiger partial charge < -0.3 is 15.8 Å². The Labute approximate surface area is 103 Å². The van der Waals surface area contributed by atoms with Crippen LogP contribution in [-0.4, -0.2) is 31.7 Å². The van der Waals surface area contributed by atoms with Crippen molar-refractivity contribution in [3.8, 4) is 0 Å². The van der Waals surface area contributed by atoms with Crippen LogP contribution >= 0.6 is 0 Å². The van der Waals surface area contributed by atoms with Gasteiger partial charge in [0.15, 0.2) is 0 Å². The Morgan fingerprint density at radius 3 is 2.71 bits per heavy atom. The van der Waals surface area contributed by atoms with Gasteiger partial charge in [0.05, 0.1) is 0 Å². The highest BCUT2D eigenvalue weighted by Crippen LogP contribution is 2.36. The molecule has 3 N–H and O–H groups in total. The summed E-state index contributed by atoms with van der Waals surface area (Å²) in [4.78, 5) is 12.0. The van der Waals surface area contributed by atoms with E-state index in [0.29, 0.717) is 19.1 Å². The molecule has 1 heterocycles. The Morgan fingerprint density at radius 1 is 1.47 bits per heavy atom. The summed E-state index contributed by atoms with van der Waals surface area (Å²) in [7, 11) is 0. The fourth-order valence-corrected chi connectivity index (χ4v) is 2.98. The molecule has 0 aromatic heterocycles. The van der Waals surface area contributed by atoms with Crippen molar-refractivity contribution in [1.82, 2.24) is 5.32 Å². The Morgan fingerprint density at radius 2 is 2.18 bits per heavy atom. The number of carbonyl (C=O) groups is 1. The molecule has 1 amide bonds. The first-order valence-electron chi connectivity index (χ1n) is 6.76. The van der Waals surface area contributed by atoms with Crippen LogP contribution in [0.1, 0.15) is 39.0 Å². The van der Waals surface area contributed by atoms with Crippen LogP contribution in [0.25, 0.3) is 0 Å². The molecule has 1 saturated carbocycles. The zero-order valence-corrected chi connectivity index (χ0v) is 10.7. The molecule has 2 atom stereocenters. The molecule has 1 saturated heterocycles. The van der Waals surface area contributed by atoms with Gasteiger partial charge in [-0.15, -0.1) is 0 Å². The molecular weight excluding hydrogens is 216 g/mol. The van der Waals surface area contributed by atoms with Gasteiger partial charge in [0.2, 0.25) is 5.91 Å². The van der Waals surface area contributed by atoms with E-state index in [4.69, 9.17) is 10.5 Å². The van der Waals surface area contributed by atoms with E-state index in [1.807, 2.05) is 0 Å². The van der Waals surface area contributed by atoms with Gasteiger partial charge in [-0.05, 0) is 37.1 Å². The molecule has 2 aliphatic rings. The van der Waals surface area contributed by atoms with E-state index >= 15 is 0 Å². The second-order valence-electron chi connectivity index (χ2n) is 5.69. The fraction of sp³-hybridized carbons (Fsp3) is 0.923. The maximum Gasteiger partial charge on any atom is 0.249 e. The van der Waals surface area contributed by atoms with Crippen LogP contribution in [-0.2, 0) is 9.53 Å². The van der Waals surface area contributed by atoms with Crippen LogP contribution in [0, 0.1) is 11.3 Å². The number of hydrogen-bond donors (Lipinski definition) is 2. The zero-order chi connectivity index (χ0) is 12.3. The molecule has 4 nitrogen and oxygen atoms in total. The van der Waals surface area contributed by atoms with Gasteiger partial charge in [-0.3, -0.25) is 4.79 Å². The summed E-state index contributed by atoms with van der Waals surface area (Å²) in [5, 5.41) is 3.04. The fourth-order valence-electron chi connectivity index (χ4n) is 2.98. The van der Waals surface area contributed by atoms with Crippen LogP contribution in [0.15, 0.2) is 0 Å². The highest BCUT2D eigenvalue weighted by atomic mass is 16.5. The number of nitrogens with two attached hydrogens (primary N) is 1. The molecule has 2 rings (SSSR count). The number of rotatable bonds is 4. The van der Waals surface area contributed by atoms with Crippen molar-refractivity contribution >= 4 is 5.91 Å². The predicted molar refractivity (Wildman–Crippen MR) is 66.5 cm³/mol. The van der Waals surface area contributed by atoms with E-state index in [9.17, 15) is 4.79 Å². The Hall–Kier alpha value is -0.610. The number of amides is 1. The largest absolute Gasteiger partial charge is 0.368 e. The molecule has 4 heteroatoms. The van der Waals surface area contributed by atoms with Gasteiger partial charge in [-0.25, -0.2) is 0 Å². The molecule has 0 aromatic carbocycles. The molecule has 1 aliphatic heterocycles. The molecule has 0 radical (unpaired) electrons.